The van der Waals surface area contributed by atoms with Crippen LogP contribution >= 0.6 is 0 Å². The molecule has 3 aromatic rings. The predicted molar refractivity (Wildman–Crippen MR) is 200 cm³/mol. The highest BCUT2D eigenvalue weighted by Crippen LogP contribution is 2.13. The van der Waals surface area contributed by atoms with Gasteiger partial charge in [0.25, 0.3) is 0 Å². The van der Waals surface area contributed by atoms with Crippen LogP contribution in [0, 0.1) is 23.7 Å². The van der Waals surface area contributed by atoms with Crippen molar-refractivity contribution in [1.82, 2.24) is 0 Å². The Labute approximate surface area is 297 Å². The van der Waals surface area contributed by atoms with Gasteiger partial charge in [0.05, 0.1) is 0 Å². The van der Waals surface area contributed by atoms with E-state index >= 15 is 0 Å². The third-order valence-electron chi connectivity index (χ3n) is 8.15. The molecule has 0 heterocycles. The predicted octanol–water partition coefficient (Wildman–Crippen LogP) is 9.30. The first-order valence-corrected chi connectivity index (χ1v) is 18.2. The largest absolute Gasteiger partial charge is 0.422 e. The first-order chi connectivity index (χ1) is 24.4. The lowest BCUT2D eigenvalue weighted by Gasteiger charge is -2.02. The molecule has 0 amide bonds. The number of benzene rings is 1. The van der Waals surface area contributed by atoms with E-state index in [1.807, 2.05) is 24.3 Å². The van der Waals surface area contributed by atoms with Crippen molar-refractivity contribution < 1.29 is 19.1 Å². The topological polar surface area (TPSA) is 86.7 Å². The molecule has 0 aliphatic rings. The summed E-state index contributed by atoms with van der Waals surface area (Å²) in [4.78, 5) is 49.4. The quantitative estimate of drug-likeness (QED) is 0.0760. The van der Waals surface area contributed by atoms with E-state index in [9.17, 15) is 19.2 Å². The van der Waals surface area contributed by atoms with Crippen molar-refractivity contribution in [3.63, 3.8) is 0 Å². The summed E-state index contributed by atoms with van der Waals surface area (Å²) in [6.07, 6.45) is 16.0. The first-order valence-electron chi connectivity index (χ1n) is 18.2. The van der Waals surface area contributed by atoms with E-state index in [2.05, 4.69) is 37.5 Å². The maximum Gasteiger partial charge on any atom is 0.311 e. The van der Waals surface area contributed by atoms with Gasteiger partial charge in [-0.15, -0.1) is 0 Å². The highest BCUT2D eigenvalue weighted by molar-refractivity contribution is 5.72. The van der Waals surface area contributed by atoms with Crippen molar-refractivity contribution in [3.05, 3.63) is 115 Å². The Hall–Kier alpha value is -4.94. The van der Waals surface area contributed by atoms with Gasteiger partial charge in [-0.05, 0) is 85.6 Å². The fraction of sp³-hybridized carbons (Fsp3) is 0.409. The molecule has 0 fully saturated rings. The molecule has 0 aromatic heterocycles. The molecule has 6 nitrogen and oxygen atoms in total. The van der Waals surface area contributed by atoms with E-state index in [4.69, 9.17) is 9.47 Å². The van der Waals surface area contributed by atoms with Crippen LogP contribution in [-0.4, -0.2) is 11.9 Å². The molecular formula is C44H50O6. The third kappa shape index (κ3) is 16.0. The van der Waals surface area contributed by atoms with Crippen molar-refractivity contribution in [3.8, 4) is 35.2 Å². The summed E-state index contributed by atoms with van der Waals surface area (Å²) in [6, 6.07) is 19.7. The van der Waals surface area contributed by atoms with Gasteiger partial charge in [0.1, 0.15) is 0 Å². The van der Waals surface area contributed by atoms with Gasteiger partial charge in [0.15, 0.2) is 11.5 Å². The second-order valence-corrected chi connectivity index (χ2v) is 12.5. The van der Waals surface area contributed by atoms with Gasteiger partial charge in [0, 0.05) is 35.1 Å². The Balaban J connectivity index is 1.52. The van der Waals surface area contributed by atoms with Gasteiger partial charge < -0.3 is 9.47 Å². The van der Waals surface area contributed by atoms with E-state index in [-0.39, 0.29) is 22.4 Å². The summed E-state index contributed by atoms with van der Waals surface area (Å²) < 4.78 is 10.7. The molecule has 0 saturated carbocycles. The zero-order valence-electron chi connectivity index (χ0n) is 29.7. The molecule has 0 aliphatic heterocycles. The lowest BCUT2D eigenvalue weighted by Crippen LogP contribution is -2.12. The number of esters is 2. The van der Waals surface area contributed by atoms with Gasteiger partial charge >= 0.3 is 11.9 Å². The minimum Gasteiger partial charge on any atom is -0.422 e. The average molecular weight is 675 g/mol. The first kappa shape index (κ1) is 39.5. The van der Waals surface area contributed by atoms with E-state index in [0.29, 0.717) is 24.0 Å². The van der Waals surface area contributed by atoms with E-state index in [1.165, 1.54) is 75.6 Å². The summed E-state index contributed by atoms with van der Waals surface area (Å²) in [5, 5.41) is 0. The van der Waals surface area contributed by atoms with Gasteiger partial charge in [0.2, 0.25) is 10.9 Å². The minimum atomic E-state index is -0.395. The van der Waals surface area contributed by atoms with Crippen LogP contribution in [0.4, 0.5) is 0 Å². The maximum absolute atomic E-state index is 12.5. The molecule has 0 radical (unpaired) electrons. The summed E-state index contributed by atoms with van der Waals surface area (Å²) >= 11 is 0. The number of hydrogen-bond acceptors (Lipinski definition) is 6. The van der Waals surface area contributed by atoms with Crippen molar-refractivity contribution in [2.24, 2.45) is 0 Å². The average Bonchev–Trinajstić information content (AvgIpc) is 3.40. The fourth-order valence-electron chi connectivity index (χ4n) is 5.16. The van der Waals surface area contributed by atoms with Crippen molar-refractivity contribution in [2.45, 2.75) is 117 Å². The van der Waals surface area contributed by atoms with E-state index < -0.39 is 11.9 Å². The summed E-state index contributed by atoms with van der Waals surface area (Å²) in [5.74, 6) is 11.5. The number of carbonyl (C=O) groups excluding carboxylic acids is 2. The van der Waals surface area contributed by atoms with Crippen molar-refractivity contribution in [1.29, 1.82) is 0 Å². The molecule has 6 heteroatoms. The monoisotopic (exact) mass is 674 g/mol. The van der Waals surface area contributed by atoms with E-state index in [0.717, 1.165) is 49.7 Å². The Morgan fingerprint density at radius 2 is 0.700 bits per heavy atom. The maximum atomic E-state index is 12.5. The number of rotatable bonds is 18. The van der Waals surface area contributed by atoms with Crippen LogP contribution in [0.15, 0.2) is 82.4 Å². The number of hydrogen-bond donors (Lipinski definition) is 0. The van der Waals surface area contributed by atoms with Crippen LogP contribution in [0.2, 0.25) is 0 Å². The van der Waals surface area contributed by atoms with Crippen LogP contribution in [-0.2, 0) is 9.59 Å². The molecule has 0 spiro atoms. The molecule has 262 valence electrons. The van der Waals surface area contributed by atoms with Crippen LogP contribution in [0.25, 0.3) is 0 Å². The normalized spacial score (nSPS) is 10.3. The smallest absolute Gasteiger partial charge is 0.311 e. The van der Waals surface area contributed by atoms with Crippen LogP contribution in [0.1, 0.15) is 139 Å². The Bertz CT molecular complexity index is 1640. The van der Waals surface area contributed by atoms with E-state index in [1.54, 1.807) is 24.3 Å². The highest BCUT2D eigenvalue weighted by Gasteiger charge is 2.08. The Morgan fingerprint density at radius 3 is 1.04 bits per heavy atom. The minimum absolute atomic E-state index is 0.00319. The molecule has 3 rings (SSSR count). The van der Waals surface area contributed by atoms with Crippen molar-refractivity contribution >= 4 is 11.9 Å². The van der Waals surface area contributed by atoms with Crippen LogP contribution < -0.4 is 20.3 Å². The number of unbranched alkanes of at least 4 members (excludes halogenated alkanes) is 12. The molecule has 0 N–H and O–H groups in total. The van der Waals surface area contributed by atoms with Gasteiger partial charge in [-0.3, -0.25) is 19.2 Å². The fourth-order valence-corrected chi connectivity index (χ4v) is 5.16. The molecule has 3 aromatic carbocycles. The molecule has 0 unspecified atom stereocenters. The van der Waals surface area contributed by atoms with Crippen molar-refractivity contribution in [2.75, 3.05) is 0 Å². The summed E-state index contributed by atoms with van der Waals surface area (Å²) in [7, 11) is 0. The molecule has 0 aliphatic carbocycles. The third-order valence-corrected chi connectivity index (χ3v) is 8.15. The molecule has 0 bridgehead atoms. The Kier molecular flexibility index (Phi) is 18.5. The number of carbonyl (C=O) groups is 2. The highest BCUT2D eigenvalue weighted by atomic mass is 16.5. The van der Waals surface area contributed by atoms with Gasteiger partial charge in [-0.2, -0.15) is 0 Å². The molecule has 0 saturated heterocycles. The molecule has 0 atom stereocenters. The summed E-state index contributed by atoms with van der Waals surface area (Å²) in [5.41, 5.74) is 1.99. The molecule has 50 heavy (non-hydrogen) atoms. The van der Waals surface area contributed by atoms with Crippen LogP contribution in [0.5, 0.6) is 11.5 Å². The molecular weight excluding hydrogens is 624 g/mol. The standard InChI is InChI=1S/C44H50O6/c1-3-5-7-9-11-13-15-17-43(47)49-41-33-29-37(27-31-39(41)45)25-23-35-19-21-36(22-20-35)24-26-38-28-32-40(46)42(34-30-38)50-44(48)18-16-14-12-10-8-6-4-2/h19-22,27-34H,3-18H2,1-2H3. The van der Waals surface area contributed by atoms with Crippen LogP contribution in [0.3, 0.4) is 0 Å². The zero-order chi connectivity index (χ0) is 35.8. The lowest BCUT2D eigenvalue weighted by atomic mass is 10.1. The van der Waals surface area contributed by atoms with Gasteiger partial charge in [-0.25, -0.2) is 0 Å². The van der Waals surface area contributed by atoms with Gasteiger partial charge in [-0.1, -0.05) is 115 Å². The summed E-state index contributed by atoms with van der Waals surface area (Å²) in [6.45, 7) is 4.38. The zero-order valence-corrected chi connectivity index (χ0v) is 29.7. The lowest BCUT2D eigenvalue weighted by molar-refractivity contribution is -0.135. The SMILES string of the molecule is CCCCCCCCCC(=O)Oc1ccc(C#Cc2ccc(C#Cc3ccc(OC(=O)CCCCCCCCC)c(=O)cc3)cc2)ccc1=O. The Morgan fingerprint density at radius 1 is 0.420 bits per heavy atom. The number of ether oxygens (including phenoxy) is 2. The second kappa shape index (κ2) is 23.4. The second-order valence-electron chi connectivity index (χ2n) is 12.5.